The maximum Gasteiger partial charge on any atom is 0.320 e. The third-order valence-electron chi connectivity index (χ3n) is 3.08. The topological polar surface area (TPSA) is 216 Å². The predicted octanol–water partition coefficient (Wildman–Crippen LogP) is -0.802. The maximum atomic E-state index is 10.4. The van der Waals surface area contributed by atoms with Crippen LogP contribution >= 0.6 is 0 Å². The van der Waals surface area contributed by atoms with Crippen molar-refractivity contribution in [3.05, 3.63) is 35.9 Å². The molecule has 0 heterocycles. The molecule has 0 saturated carbocycles. The van der Waals surface area contributed by atoms with Crippen LogP contribution in [0.1, 0.15) is 24.8 Å². The number of unbranched alkanes of at least 4 members (excludes halogenated alkanes) is 1. The van der Waals surface area contributed by atoms with Crippen LogP contribution in [0.4, 0.5) is 0 Å². The summed E-state index contributed by atoms with van der Waals surface area (Å²) >= 11 is 0. The zero-order valence-corrected chi connectivity index (χ0v) is 15.2. The first-order valence-corrected chi connectivity index (χ1v) is 8.28. The molecule has 0 amide bonds. The van der Waals surface area contributed by atoms with Gasteiger partial charge in [0.1, 0.15) is 12.1 Å². The number of nitrogens with two attached hydrogens (primary N) is 4. The van der Waals surface area contributed by atoms with Crippen molar-refractivity contribution in [1.82, 2.24) is 0 Å². The highest BCUT2D eigenvalue weighted by atomic mass is 16.4. The first kappa shape index (κ1) is 26.7. The SMILES string of the molecule is NC(Cc1ccccc1)C(=O)O.NCC(=O)O.NCCCCC(N)C(=O)O. The summed E-state index contributed by atoms with van der Waals surface area (Å²) in [6.07, 6.45) is 2.55. The highest BCUT2D eigenvalue weighted by molar-refractivity contribution is 5.73. The molecule has 154 valence electrons. The van der Waals surface area contributed by atoms with Crippen LogP contribution in [0.25, 0.3) is 0 Å². The van der Waals surface area contributed by atoms with Crippen LogP contribution in [0.15, 0.2) is 30.3 Å². The lowest BCUT2D eigenvalue weighted by atomic mass is 10.1. The summed E-state index contributed by atoms with van der Waals surface area (Å²) in [6, 6.07) is 7.83. The molecule has 1 aromatic rings. The van der Waals surface area contributed by atoms with Crippen LogP contribution in [0.2, 0.25) is 0 Å². The zero-order chi connectivity index (χ0) is 21.2. The van der Waals surface area contributed by atoms with Gasteiger partial charge in [0.15, 0.2) is 0 Å². The molecule has 2 unspecified atom stereocenters. The van der Waals surface area contributed by atoms with Crippen molar-refractivity contribution in [2.24, 2.45) is 22.9 Å². The van der Waals surface area contributed by atoms with Crippen molar-refractivity contribution in [2.75, 3.05) is 13.1 Å². The molecule has 10 heteroatoms. The molecule has 0 fully saturated rings. The molecule has 0 bridgehead atoms. The lowest BCUT2D eigenvalue weighted by Crippen LogP contribution is -2.32. The monoisotopic (exact) mass is 386 g/mol. The Morgan fingerprint density at radius 2 is 1.33 bits per heavy atom. The largest absolute Gasteiger partial charge is 0.480 e. The normalized spacial score (nSPS) is 11.7. The van der Waals surface area contributed by atoms with Gasteiger partial charge < -0.3 is 38.3 Å². The van der Waals surface area contributed by atoms with Crippen molar-refractivity contribution in [1.29, 1.82) is 0 Å². The van der Waals surface area contributed by atoms with Gasteiger partial charge in [-0.25, -0.2) is 0 Å². The third kappa shape index (κ3) is 18.1. The number of rotatable bonds is 9. The molecule has 11 N–H and O–H groups in total. The van der Waals surface area contributed by atoms with Gasteiger partial charge in [-0.05, 0) is 31.4 Å². The van der Waals surface area contributed by atoms with Gasteiger partial charge in [0.25, 0.3) is 0 Å². The Balaban J connectivity index is 0. The molecule has 2 atom stereocenters. The van der Waals surface area contributed by atoms with Crippen LogP contribution in [0.5, 0.6) is 0 Å². The molecule has 0 aliphatic heterocycles. The summed E-state index contributed by atoms with van der Waals surface area (Å²) < 4.78 is 0. The molecule has 0 radical (unpaired) electrons. The van der Waals surface area contributed by atoms with E-state index >= 15 is 0 Å². The minimum Gasteiger partial charge on any atom is -0.480 e. The number of benzene rings is 1. The first-order chi connectivity index (χ1) is 12.6. The summed E-state index contributed by atoms with van der Waals surface area (Å²) in [4.78, 5) is 29.8. The molecule has 0 aromatic heterocycles. The van der Waals surface area contributed by atoms with Crippen LogP contribution in [0.3, 0.4) is 0 Å². The Morgan fingerprint density at radius 1 is 0.852 bits per heavy atom. The van der Waals surface area contributed by atoms with E-state index in [1.165, 1.54) is 0 Å². The lowest BCUT2D eigenvalue weighted by molar-refractivity contribution is -0.139. The van der Waals surface area contributed by atoms with Crippen molar-refractivity contribution < 1.29 is 29.7 Å². The van der Waals surface area contributed by atoms with E-state index in [0.717, 1.165) is 18.4 Å². The van der Waals surface area contributed by atoms with Crippen LogP contribution < -0.4 is 22.9 Å². The Labute approximate surface area is 158 Å². The predicted molar refractivity (Wildman–Crippen MR) is 101 cm³/mol. The smallest absolute Gasteiger partial charge is 0.320 e. The van der Waals surface area contributed by atoms with Crippen LogP contribution in [0, 0.1) is 0 Å². The van der Waals surface area contributed by atoms with Crippen LogP contribution in [-0.4, -0.2) is 58.4 Å². The molecule has 27 heavy (non-hydrogen) atoms. The van der Waals surface area contributed by atoms with E-state index in [4.69, 9.17) is 32.5 Å². The van der Waals surface area contributed by atoms with Gasteiger partial charge in [0.05, 0.1) is 6.54 Å². The Bertz CT molecular complexity index is 541. The molecule has 1 rings (SSSR count). The highest BCUT2D eigenvalue weighted by Gasteiger charge is 2.11. The second-order valence-corrected chi connectivity index (χ2v) is 5.46. The van der Waals surface area contributed by atoms with Gasteiger partial charge in [0, 0.05) is 0 Å². The van der Waals surface area contributed by atoms with Crippen molar-refractivity contribution >= 4 is 17.9 Å². The minimum absolute atomic E-state index is 0.278. The van der Waals surface area contributed by atoms with E-state index in [1.807, 2.05) is 30.3 Å². The fourth-order valence-electron chi connectivity index (χ4n) is 1.59. The Hall–Kier alpha value is -2.53. The number of aliphatic carboxylic acids is 3. The second kappa shape index (κ2) is 16.9. The summed E-state index contributed by atoms with van der Waals surface area (Å²) in [7, 11) is 0. The standard InChI is InChI=1S/C9H11NO2.C6H14N2O2.C2H5NO2/c10-8(9(11)12)6-7-4-2-1-3-5-7;7-4-2-1-3-5(8)6(9)10;3-1-2(4)5/h1-5,8H,6,10H2,(H,11,12);5H,1-4,7-8H2,(H,9,10);1,3H2,(H,4,5). The minimum atomic E-state index is -0.968. The molecular weight excluding hydrogens is 356 g/mol. The lowest BCUT2D eigenvalue weighted by Gasteiger charge is -2.04. The third-order valence-corrected chi connectivity index (χ3v) is 3.08. The molecule has 0 aliphatic rings. The van der Waals surface area contributed by atoms with Gasteiger partial charge in [-0.15, -0.1) is 0 Å². The highest BCUT2D eigenvalue weighted by Crippen LogP contribution is 2.01. The van der Waals surface area contributed by atoms with E-state index < -0.39 is 30.0 Å². The van der Waals surface area contributed by atoms with Crippen LogP contribution in [-0.2, 0) is 20.8 Å². The summed E-state index contributed by atoms with van der Waals surface area (Å²) in [5, 5.41) is 24.4. The molecule has 0 spiro atoms. The summed E-state index contributed by atoms with van der Waals surface area (Å²) in [5.41, 5.74) is 21.3. The quantitative estimate of drug-likeness (QED) is 0.262. The van der Waals surface area contributed by atoms with E-state index in [0.29, 0.717) is 19.4 Å². The van der Waals surface area contributed by atoms with Gasteiger partial charge >= 0.3 is 17.9 Å². The van der Waals surface area contributed by atoms with Gasteiger partial charge in [0.2, 0.25) is 0 Å². The second-order valence-electron chi connectivity index (χ2n) is 5.46. The summed E-state index contributed by atoms with van der Waals surface area (Å²) in [5.74, 6) is -2.86. The molecule has 0 saturated heterocycles. The van der Waals surface area contributed by atoms with Gasteiger partial charge in [-0.1, -0.05) is 36.8 Å². The zero-order valence-electron chi connectivity index (χ0n) is 15.2. The van der Waals surface area contributed by atoms with Crippen molar-refractivity contribution in [2.45, 2.75) is 37.8 Å². The summed E-state index contributed by atoms with van der Waals surface area (Å²) in [6.45, 7) is 0.326. The van der Waals surface area contributed by atoms with E-state index in [-0.39, 0.29) is 6.54 Å². The fourth-order valence-corrected chi connectivity index (χ4v) is 1.59. The number of carbonyl (C=O) groups is 3. The first-order valence-electron chi connectivity index (χ1n) is 8.28. The van der Waals surface area contributed by atoms with Gasteiger partial charge in [-0.3, -0.25) is 14.4 Å². The van der Waals surface area contributed by atoms with E-state index in [9.17, 15) is 14.4 Å². The molecular formula is C17H30N4O6. The maximum absolute atomic E-state index is 10.4. The fraction of sp³-hybridized carbons (Fsp3) is 0.471. The average molecular weight is 386 g/mol. The molecule has 10 nitrogen and oxygen atoms in total. The number of hydrogen-bond acceptors (Lipinski definition) is 7. The van der Waals surface area contributed by atoms with Gasteiger partial charge in [-0.2, -0.15) is 0 Å². The number of hydrogen-bond donors (Lipinski definition) is 7. The average Bonchev–Trinajstić information content (AvgIpc) is 2.63. The molecule has 0 aliphatic carbocycles. The molecule has 1 aromatic carbocycles. The number of carboxylic acid groups (broad SMARTS) is 3. The van der Waals surface area contributed by atoms with Crippen molar-refractivity contribution in [3.63, 3.8) is 0 Å². The Morgan fingerprint density at radius 3 is 1.70 bits per heavy atom. The number of carboxylic acids is 3. The van der Waals surface area contributed by atoms with E-state index in [1.54, 1.807) is 0 Å². The Kier molecular flexibility index (Phi) is 16.7. The van der Waals surface area contributed by atoms with E-state index in [2.05, 4.69) is 5.73 Å². The van der Waals surface area contributed by atoms with Crippen molar-refractivity contribution in [3.8, 4) is 0 Å².